The van der Waals surface area contributed by atoms with Crippen LogP contribution in [-0.4, -0.2) is 43.0 Å². The van der Waals surface area contributed by atoms with Gasteiger partial charge in [0, 0.05) is 51.0 Å². The van der Waals surface area contributed by atoms with Crippen molar-refractivity contribution in [2.24, 2.45) is 10.9 Å². The Morgan fingerprint density at radius 1 is 1.31 bits per heavy atom. The molecule has 0 aliphatic carbocycles. The number of nitrogens with zero attached hydrogens (tertiary/aromatic N) is 3. The Kier molecular flexibility index (Phi) is 10.1. The lowest BCUT2D eigenvalue weighted by Crippen LogP contribution is -2.44. The number of hydrogen-bond acceptors (Lipinski definition) is 4. The van der Waals surface area contributed by atoms with Crippen molar-refractivity contribution in [3.8, 4) is 0 Å². The molecule has 32 heavy (non-hydrogen) atoms. The smallest absolute Gasteiger partial charge is 0.224 e. The molecular weight excluding hydrogens is 522 g/mol. The van der Waals surface area contributed by atoms with Crippen molar-refractivity contribution >= 4 is 47.3 Å². The summed E-state index contributed by atoms with van der Waals surface area (Å²) in [5, 5.41) is 9.65. The van der Waals surface area contributed by atoms with Gasteiger partial charge in [0.15, 0.2) is 17.6 Å². The van der Waals surface area contributed by atoms with Gasteiger partial charge in [-0.05, 0) is 42.2 Å². The van der Waals surface area contributed by atoms with E-state index in [2.05, 4.69) is 25.9 Å². The summed E-state index contributed by atoms with van der Waals surface area (Å²) in [7, 11) is 1.73. The topological polar surface area (TPSA) is 81.6 Å². The lowest BCUT2D eigenvalue weighted by atomic mass is 10.1. The summed E-state index contributed by atoms with van der Waals surface area (Å²) in [6.45, 7) is 6.01. The second-order valence-electron chi connectivity index (χ2n) is 8.16. The van der Waals surface area contributed by atoms with Crippen molar-refractivity contribution in [2.45, 2.75) is 39.3 Å². The van der Waals surface area contributed by atoms with Crippen molar-refractivity contribution < 1.29 is 9.18 Å². The minimum Gasteiger partial charge on any atom is -0.352 e. The van der Waals surface area contributed by atoms with Gasteiger partial charge in [-0.25, -0.2) is 9.37 Å². The van der Waals surface area contributed by atoms with Crippen molar-refractivity contribution in [2.75, 3.05) is 30.4 Å². The Morgan fingerprint density at radius 2 is 2.12 bits per heavy atom. The van der Waals surface area contributed by atoms with Crippen LogP contribution < -0.4 is 20.9 Å². The predicted molar refractivity (Wildman–Crippen MR) is 138 cm³/mol. The molecular formula is C23H32FIN6O. The second-order valence-corrected chi connectivity index (χ2v) is 8.16. The number of pyridine rings is 1. The zero-order chi connectivity index (χ0) is 22.2. The highest BCUT2D eigenvalue weighted by atomic mass is 127. The number of anilines is 2. The maximum atomic E-state index is 14.0. The molecule has 1 aliphatic heterocycles. The monoisotopic (exact) mass is 554 g/mol. The van der Waals surface area contributed by atoms with E-state index in [1.807, 2.05) is 43.0 Å². The Bertz CT molecular complexity index is 923. The van der Waals surface area contributed by atoms with Crippen LogP contribution in [0.15, 0.2) is 47.6 Å². The molecule has 0 bridgehead atoms. The second kappa shape index (κ2) is 12.6. The fraction of sp³-hybridized carbons (Fsp3) is 0.435. The first-order chi connectivity index (χ1) is 14.9. The molecule has 1 aliphatic rings. The summed E-state index contributed by atoms with van der Waals surface area (Å²) in [4.78, 5) is 22.4. The molecule has 1 amide bonds. The number of rotatable bonds is 7. The van der Waals surface area contributed by atoms with Crippen LogP contribution in [0.4, 0.5) is 15.9 Å². The number of nitrogens with one attached hydrogen (secondary N) is 3. The number of aromatic nitrogens is 1. The molecule has 3 N–H and O–H groups in total. The third-order valence-corrected chi connectivity index (χ3v) is 5.06. The first kappa shape index (κ1) is 25.8. The molecule has 0 spiro atoms. The largest absolute Gasteiger partial charge is 0.352 e. The number of aliphatic imine (C=N–C) groups is 1. The molecule has 1 aromatic heterocycles. The number of benzene rings is 1. The Labute approximate surface area is 206 Å². The van der Waals surface area contributed by atoms with E-state index in [9.17, 15) is 9.18 Å². The van der Waals surface area contributed by atoms with Crippen molar-refractivity contribution in [3.05, 3.63) is 54.0 Å². The van der Waals surface area contributed by atoms with E-state index >= 15 is 0 Å². The van der Waals surface area contributed by atoms with Gasteiger partial charge in [0.25, 0.3) is 0 Å². The third kappa shape index (κ3) is 7.61. The van der Waals surface area contributed by atoms with E-state index in [0.29, 0.717) is 37.2 Å². The molecule has 3 rings (SSSR count). The van der Waals surface area contributed by atoms with Crippen LogP contribution >= 0.6 is 24.0 Å². The molecule has 9 heteroatoms. The van der Waals surface area contributed by atoms with E-state index in [-0.39, 0.29) is 41.7 Å². The molecule has 1 saturated heterocycles. The van der Waals surface area contributed by atoms with Crippen LogP contribution in [0.5, 0.6) is 0 Å². The average molecular weight is 554 g/mol. The minimum absolute atomic E-state index is 0. The number of guanidine groups is 1. The van der Waals surface area contributed by atoms with Gasteiger partial charge in [-0.1, -0.05) is 26.0 Å². The van der Waals surface area contributed by atoms with E-state index in [0.717, 1.165) is 24.2 Å². The first-order valence-corrected chi connectivity index (χ1v) is 10.7. The summed E-state index contributed by atoms with van der Waals surface area (Å²) in [5.41, 5.74) is 1.82. The number of hydrogen-bond donors (Lipinski definition) is 3. The van der Waals surface area contributed by atoms with E-state index in [4.69, 9.17) is 0 Å². The highest BCUT2D eigenvalue weighted by Gasteiger charge is 2.25. The molecule has 2 aromatic rings. The fourth-order valence-electron chi connectivity index (χ4n) is 3.60. The minimum atomic E-state index is -0.300. The Balaban J connectivity index is 0.00000363. The zero-order valence-corrected chi connectivity index (χ0v) is 21.1. The van der Waals surface area contributed by atoms with Crippen molar-refractivity contribution in [1.29, 1.82) is 0 Å². The van der Waals surface area contributed by atoms with Crippen LogP contribution in [0.3, 0.4) is 0 Å². The molecule has 1 atom stereocenters. The Morgan fingerprint density at radius 3 is 2.84 bits per heavy atom. The van der Waals surface area contributed by atoms with Gasteiger partial charge < -0.3 is 20.9 Å². The van der Waals surface area contributed by atoms with Gasteiger partial charge in [-0.15, -0.1) is 24.0 Å². The maximum absolute atomic E-state index is 14.0. The van der Waals surface area contributed by atoms with Gasteiger partial charge >= 0.3 is 0 Å². The highest BCUT2D eigenvalue weighted by Crippen LogP contribution is 2.20. The Hall–Kier alpha value is -2.43. The first-order valence-electron chi connectivity index (χ1n) is 10.7. The van der Waals surface area contributed by atoms with Gasteiger partial charge in [0.05, 0.1) is 0 Å². The average Bonchev–Trinajstić information content (AvgIpc) is 3.19. The van der Waals surface area contributed by atoms with Crippen LogP contribution in [0.1, 0.15) is 32.3 Å². The standard InChI is InChI=1S/C23H31FN6O.HI/c1-16(2)12-21(31)28-18-7-4-6-17(13-18)14-27-23(25-3)29-19-9-11-30(15-19)22-20(24)8-5-10-26-22;/h4-8,10,13,16,19H,9,11-12,14-15H2,1-3H3,(H,28,31)(H2,25,27,29);1H. The van der Waals surface area contributed by atoms with Gasteiger partial charge in [0.1, 0.15) is 0 Å². The third-order valence-electron chi connectivity index (χ3n) is 5.06. The van der Waals surface area contributed by atoms with Gasteiger partial charge in [-0.2, -0.15) is 0 Å². The maximum Gasteiger partial charge on any atom is 0.224 e. The quantitative estimate of drug-likeness (QED) is 0.276. The molecule has 174 valence electrons. The summed E-state index contributed by atoms with van der Waals surface area (Å²) < 4.78 is 14.0. The van der Waals surface area contributed by atoms with E-state index in [1.54, 1.807) is 19.3 Å². The van der Waals surface area contributed by atoms with Crippen LogP contribution in [-0.2, 0) is 11.3 Å². The fourth-order valence-corrected chi connectivity index (χ4v) is 3.60. The van der Waals surface area contributed by atoms with Crippen LogP contribution in [0.25, 0.3) is 0 Å². The van der Waals surface area contributed by atoms with Crippen molar-refractivity contribution in [1.82, 2.24) is 15.6 Å². The van der Waals surface area contributed by atoms with E-state index in [1.165, 1.54) is 6.07 Å². The van der Waals surface area contributed by atoms with Crippen molar-refractivity contribution in [3.63, 3.8) is 0 Å². The number of carbonyl (C=O) groups is 1. The molecule has 1 unspecified atom stereocenters. The molecule has 0 radical (unpaired) electrons. The molecule has 2 heterocycles. The summed E-state index contributed by atoms with van der Waals surface area (Å²) in [6.07, 6.45) is 2.98. The predicted octanol–water partition coefficient (Wildman–Crippen LogP) is 3.77. The molecule has 0 saturated carbocycles. The summed E-state index contributed by atoms with van der Waals surface area (Å²) >= 11 is 0. The molecule has 7 nitrogen and oxygen atoms in total. The number of halogens is 2. The zero-order valence-electron chi connectivity index (χ0n) is 18.8. The van der Waals surface area contributed by atoms with Gasteiger partial charge in [-0.3, -0.25) is 9.79 Å². The summed E-state index contributed by atoms with van der Waals surface area (Å²) in [6, 6.07) is 10.9. The van der Waals surface area contributed by atoms with Crippen LogP contribution in [0, 0.1) is 11.7 Å². The molecule has 1 aromatic carbocycles. The van der Waals surface area contributed by atoms with Gasteiger partial charge in [0.2, 0.25) is 5.91 Å². The highest BCUT2D eigenvalue weighted by molar-refractivity contribution is 14.0. The molecule has 1 fully saturated rings. The van der Waals surface area contributed by atoms with E-state index < -0.39 is 0 Å². The summed E-state index contributed by atoms with van der Waals surface area (Å²) in [5.74, 6) is 1.12. The SMILES string of the molecule is CN=C(NCc1cccc(NC(=O)CC(C)C)c1)NC1CCN(c2ncccc2F)C1.I. The number of carbonyl (C=O) groups excluding carboxylic acids is 1. The lowest BCUT2D eigenvalue weighted by Gasteiger charge is -2.20. The number of amides is 1. The normalized spacial score (nSPS) is 16.0. The van der Waals surface area contributed by atoms with Crippen LogP contribution in [0.2, 0.25) is 0 Å². The lowest BCUT2D eigenvalue weighted by molar-refractivity contribution is -0.116.